The number of benzene rings is 1. The second-order valence-corrected chi connectivity index (χ2v) is 9.72. The Kier molecular flexibility index (Phi) is 6.99. The summed E-state index contributed by atoms with van der Waals surface area (Å²) in [4.78, 5) is 17.7. The molecule has 3 aromatic rings. The number of pyridine rings is 1. The first-order valence-corrected chi connectivity index (χ1v) is 12.5. The number of hydrogen-bond donors (Lipinski definition) is 0. The van der Waals surface area contributed by atoms with Crippen molar-refractivity contribution in [2.24, 2.45) is 13.0 Å². The fourth-order valence-corrected chi connectivity index (χ4v) is 4.47. The van der Waals surface area contributed by atoms with E-state index in [4.69, 9.17) is 0 Å². The van der Waals surface area contributed by atoms with Gasteiger partial charge in [0.25, 0.3) is 0 Å². The van der Waals surface area contributed by atoms with Crippen molar-refractivity contribution in [2.45, 2.75) is 46.5 Å². The van der Waals surface area contributed by atoms with Crippen LogP contribution in [0.25, 0.3) is 22.6 Å². The summed E-state index contributed by atoms with van der Waals surface area (Å²) in [5, 5.41) is 9.44. The van der Waals surface area contributed by atoms with Gasteiger partial charge >= 0.3 is 5.69 Å². The van der Waals surface area contributed by atoms with Gasteiger partial charge in [0, 0.05) is 25.9 Å². The predicted octanol–water partition coefficient (Wildman–Crippen LogP) is 6.56. The van der Waals surface area contributed by atoms with E-state index >= 15 is 0 Å². The van der Waals surface area contributed by atoms with Gasteiger partial charge in [0.2, 0.25) is 0 Å². The first-order valence-electron chi connectivity index (χ1n) is 12.5. The van der Waals surface area contributed by atoms with E-state index in [0.717, 1.165) is 34.6 Å². The minimum Gasteiger partial charge on any atom is -0.301 e. The first-order chi connectivity index (χ1) is 17.3. The molecule has 0 spiro atoms. The van der Waals surface area contributed by atoms with Crippen LogP contribution in [0.15, 0.2) is 83.0 Å². The number of hydrogen-bond acceptors (Lipinski definition) is 3. The number of aryl methyl sites for hydroxylation is 1. The van der Waals surface area contributed by atoms with Crippen LogP contribution in [-0.4, -0.2) is 14.1 Å². The van der Waals surface area contributed by atoms with Crippen molar-refractivity contribution in [3.05, 3.63) is 106 Å². The number of allylic oxidation sites excluding steroid dienone is 6. The summed E-state index contributed by atoms with van der Waals surface area (Å²) in [5.41, 5.74) is 7.38. The highest BCUT2D eigenvalue weighted by Crippen LogP contribution is 2.38. The molecule has 2 aliphatic carbocycles. The lowest BCUT2D eigenvalue weighted by Gasteiger charge is -2.18. The summed E-state index contributed by atoms with van der Waals surface area (Å²) in [6, 6.07) is 14.0. The smallest absolute Gasteiger partial charge is 0.301 e. The average Bonchev–Trinajstić information content (AvgIpc) is 3.71. The Hall–Kier alpha value is -3.91. The minimum absolute atomic E-state index is 0.140. The molecule has 36 heavy (non-hydrogen) atoms. The fourth-order valence-electron chi connectivity index (χ4n) is 4.47. The molecular weight excluding hydrogens is 444 g/mol. The summed E-state index contributed by atoms with van der Waals surface area (Å²) in [7, 11) is 1.75. The van der Waals surface area contributed by atoms with E-state index in [1.54, 1.807) is 22.4 Å². The van der Waals surface area contributed by atoms with Crippen LogP contribution in [0.3, 0.4) is 0 Å². The highest BCUT2D eigenvalue weighted by atomic mass is 16.1. The molecule has 1 atom stereocenters. The van der Waals surface area contributed by atoms with Gasteiger partial charge in [-0.15, -0.1) is 0 Å². The third-order valence-corrected chi connectivity index (χ3v) is 6.57. The normalized spacial score (nSPS) is 16.7. The monoisotopic (exact) mass is 477 g/mol. The number of aromatic nitrogens is 3. The van der Waals surface area contributed by atoms with Gasteiger partial charge in [0.05, 0.1) is 28.6 Å². The molecule has 183 valence electrons. The van der Waals surface area contributed by atoms with Gasteiger partial charge in [-0.3, -0.25) is 9.55 Å². The van der Waals surface area contributed by atoms with E-state index in [-0.39, 0.29) is 5.69 Å². The van der Waals surface area contributed by atoms with E-state index in [9.17, 15) is 10.1 Å². The molecule has 0 N–H and O–H groups in total. The molecule has 2 aliphatic rings. The third-order valence-electron chi connectivity index (χ3n) is 6.57. The Bertz CT molecular complexity index is 1470. The Morgan fingerprint density at radius 3 is 2.44 bits per heavy atom. The van der Waals surface area contributed by atoms with Crippen LogP contribution in [-0.2, 0) is 12.5 Å². The van der Waals surface area contributed by atoms with E-state index < -0.39 is 5.41 Å². The number of imidazole rings is 1. The standard InChI is InChI=1S/C29H27N4O.C2H6/c1-19-13-22(20-5-6-20)15-23(14-19)21-11-12-31-26(16-21)27-17-32(4)28(34)33(27)25-9-7-24(8-10-25)29(2,3)18-30;1-2/h5-12,14-17,19H,13H2,1-4H3;1-2H3. The Labute approximate surface area is 213 Å². The summed E-state index contributed by atoms with van der Waals surface area (Å²) in [6.45, 7) is 10.0. The van der Waals surface area contributed by atoms with Crippen molar-refractivity contribution in [3.63, 3.8) is 0 Å². The van der Waals surface area contributed by atoms with Crippen LogP contribution in [0, 0.1) is 23.7 Å². The molecule has 0 fully saturated rings. The second kappa shape index (κ2) is 9.99. The summed E-state index contributed by atoms with van der Waals surface area (Å²) in [5.74, 6) is 0.465. The molecule has 1 unspecified atom stereocenters. The third kappa shape index (κ3) is 4.90. The summed E-state index contributed by atoms with van der Waals surface area (Å²) >= 11 is 0. The van der Waals surface area contributed by atoms with Crippen LogP contribution in [0.5, 0.6) is 0 Å². The van der Waals surface area contributed by atoms with Crippen LogP contribution in [0.4, 0.5) is 0 Å². The van der Waals surface area contributed by atoms with Crippen molar-refractivity contribution in [1.29, 1.82) is 5.26 Å². The van der Waals surface area contributed by atoms with Crippen molar-refractivity contribution in [2.75, 3.05) is 0 Å². The Morgan fingerprint density at radius 1 is 1.11 bits per heavy atom. The Balaban J connectivity index is 0.00000148. The molecule has 0 aliphatic heterocycles. The molecule has 0 saturated carbocycles. The van der Waals surface area contributed by atoms with Crippen molar-refractivity contribution < 1.29 is 0 Å². The van der Waals surface area contributed by atoms with Gasteiger partial charge in [-0.25, -0.2) is 4.79 Å². The van der Waals surface area contributed by atoms with Gasteiger partial charge in [0.1, 0.15) is 0 Å². The molecule has 5 heteroatoms. The van der Waals surface area contributed by atoms with Gasteiger partial charge in [-0.2, -0.15) is 5.26 Å². The fraction of sp³-hybridized carbons (Fsp3) is 0.290. The lowest BCUT2D eigenvalue weighted by Crippen LogP contribution is -2.21. The van der Waals surface area contributed by atoms with E-state index in [2.05, 4.69) is 48.7 Å². The maximum atomic E-state index is 13.1. The highest BCUT2D eigenvalue weighted by Gasteiger charge is 2.22. The van der Waals surface area contributed by atoms with Gasteiger partial charge in [0.15, 0.2) is 0 Å². The number of rotatable bonds is 5. The van der Waals surface area contributed by atoms with Gasteiger partial charge < -0.3 is 4.57 Å². The maximum Gasteiger partial charge on any atom is 0.333 e. The van der Waals surface area contributed by atoms with Crippen LogP contribution in [0.2, 0.25) is 0 Å². The zero-order valence-electron chi connectivity index (χ0n) is 21.9. The van der Waals surface area contributed by atoms with Gasteiger partial charge in [-0.05, 0) is 78.3 Å². The Morgan fingerprint density at radius 2 is 1.81 bits per heavy atom. The largest absolute Gasteiger partial charge is 0.333 e. The molecule has 5 rings (SSSR count). The van der Waals surface area contributed by atoms with Crippen LogP contribution < -0.4 is 5.69 Å². The zero-order chi connectivity index (χ0) is 26.0. The number of nitriles is 1. The van der Waals surface area contributed by atoms with Crippen molar-refractivity contribution >= 4 is 5.57 Å². The molecular formula is C31H33N4O. The zero-order valence-corrected chi connectivity index (χ0v) is 21.9. The van der Waals surface area contributed by atoms with E-state index in [0.29, 0.717) is 5.92 Å². The van der Waals surface area contributed by atoms with Crippen molar-refractivity contribution in [3.8, 4) is 23.1 Å². The number of nitrogens with zero attached hydrogens (tertiary/aromatic N) is 4. The van der Waals surface area contributed by atoms with Gasteiger partial charge in [-0.1, -0.05) is 51.1 Å². The highest BCUT2D eigenvalue weighted by molar-refractivity contribution is 5.80. The summed E-state index contributed by atoms with van der Waals surface area (Å²) < 4.78 is 3.25. The van der Waals surface area contributed by atoms with E-state index in [1.165, 1.54) is 16.7 Å². The summed E-state index contributed by atoms with van der Waals surface area (Å²) in [6.07, 6.45) is 13.6. The van der Waals surface area contributed by atoms with E-state index in [1.807, 2.05) is 64.2 Å². The molecule has 0 saturated heterocycles. The minimum atomic E-state index is -0.593. The molecule has 5 nitrogen and oxygen atoms in total. The molecule has 2 aromatic heterocycles. The topological polar surface area (TPSA) is 63.6 Å². The second-order valence-electron chi connectivity index (χ2n) is 9.72. The molecule has 0 amide bonds. The molecule has 1 radical (unpaired) electrons. The lowest BCUT2D eigenvalue weighted by atomic mass is 9.86. The first kappa shape index (κ1) is 25.2. The maximum absolute atomic E-state index is 13.1. The average molecular weight is 478 g/mol. The van der Waals surface area contributed by atoms with Crippen molar-refractivity contribution in [1.82, 2.24) is 14.1 Å². The molecule has 2 heterocycles. The van der Waals surface area contributed by atoms with Crippen LogP contribution >= 0.6 is 0 Å². The lowest BCUT2D eigenvalue weighted by molar-refractivity contribution is 0.686. The predicted molar refractivity (Wildman–Crippen MR) is 146 cm³/mol. The molecule has 1 aromatic carbocycles. The SMILES string of the molecule is CC.CC1C=C(c2ccnc(-c3cn(C)c(=O)n3-c3ccc(C(C)(C)C#N)cc3)c2)C=C(C2=C[CH]2)C1. The molecule has 0 bridgehead atoms. The quantitative estimate of drug-likeness (QED) is 0.418. The van der Waals surface area contributed by atoms with Crippen LogP contribution in [0.1, 0.15) is 52.2 Å².